The van der Waals surface area contributed by atoms with E-state index in [1.807, 2.05) is 25.1 Å². The number of benzene rings is 2. The lowest BCUT2D eigenvalue weighted by Crippen LogP contribution is -2.77. The van der Waals surface area contributed by atoms with Crippen molar-refractivity contribution in [1.29, 1.82) is 0 Å². The number of furan rings is 1. The second-order valence-electron chi connectivity index (χ2n) is 16.2. The lowest BCUT2D eigenvalue weighted by atomic mass is 9.56. The van der Waals surface area contributed by atoms with Gasteiger partial charge in [-0.15, -0.1) is 11.8 Å². The number of ether oxygens (including phenoxy) is 5. The number of aliphatic hydroxyl groups is 2. The van der Waals surface area contributed by atoms with Gasteiger partial charge in [-0.3, -0.25) is 15.1 Å². The first-order valence-electron chi connectivity index (χ1n) is 18.9. The molecule has 1 aromatic heterocycles. The molecule has 12 nitrogen and oxygen atoms in total. The molecule has 9 atom stereocenters. The van der Waals surface area contributed by atoms with E-state index in [0.717, 1.165) is 44.5 Å². The van der Waals surface area contributed by atoms with Gasteiger partial charge in [0, 0.05) is 52.2 Å². The zero-order chi connectivity index (χ0) is 37.6. The van der Waals surface area contributed by atoms with E-state index in [1.165, 1.54) is 0 Å². The average Bonchev–Trinajstić information content (AvgIpc) is 3.81. The van der Waals surface area contributed by atoms with Crippen molar-refractivity contribution in [2.24, 2.45) is 11.3 Å². The molecule has 0 saturated carbocycles. The Morgan fingerprint density at radius 1 is 1.06 bits per heavy atom. The highest BCUT2D eigenvalue weighted by Gasteiger charge is 2.67. The van der Waals surface area contributed by atoms with E-state index in [4.69, 9.17) is 28.1 Å². The third kappa shape index (κ3) is 4.22. The zero-order valence-electron chi connectivity index (χ0n) is 31.6. The number of aliphatic hydroxyl groups excluding tert-OH is 2. The van der Waals surface area contributed by atoms with E-state index < -0.39 is 29.2 Å². The molecule has 0 amide bonds. The molecular formula is C41H47N3O9S. The van der Waals surface area contributed by atoms with Crippen molar-refractivity contribution in [3.05, 3.63) is 74.9 Å². The summed E-state index contributed by atoms with van der Waals surface area (Å²) < 4.78 is 36.9. The summed E-state index contributed by atoms with van der Waals surface area (Å²) in [5.74, 6) is 3.21. The third-order valence-electron chi connectivity index (χ3n) is 14.0. The molecule has 286 valence electrons. The molecule has 8 aliphatic rings. The van der Waals surface area contributed by atoms with Crippen molar-refractivity contribution in [3.63, 3.8) is 0 Å². The van der Waals surface area contributed by atoms with Crippen LogP contribution in [-0.4, -0.2) is 97.3 Å². The monoisotopic (exact) mass is 757 g/mol. The molecular weight excluding hydrogens is 711 g/mol. The van der Waals surface area contributed by atoms with Crippen LogP contribution in [0, 0.1) is 25.2 Å². The van der Waals surface area contributed by atoms with E-state index in [9.17, 15) is 15.0 Å². The number of thioether (sulfide) groups is 1. The number of fused-ring (bicyclic) bond motifs is 11. The largest absolute Gasteiger partial charge is 0.508 e. The van der Waals surface area contributed by atoms with Crippen molar-refractivity contribution in [3.8, 4) is 17.2 Å². The minimum atomic E-state index is -1.27. The van der Waals surface area contributed by atoms with Gasteiger partial charge in [0.1, 0.15) is 35.7 Å². The molecule has 3 aromatic rings. The minimum absolute atomic E-state index is 0.0324. The summed E-state index contributed by atoms with van der Waals surface area (Å²) in [7, 11) is 5.33. The number of carbonyl (C=O) groups is 1. The Labute approximate surface area is 318 Å². The molecule has 0 radical (unpaired) electrons. The van der Waals surface area contributed by atoms with Crippen molar-refractivity contribution >= 4 is 28.7 Å². The van der Waals surface area contributed by atoms with Gasteiger partial charge in [0.2, 0.25) is 6.79 Å². The molecule has 11 rings (SSSR count). The quantitative estimate of drug-likeness (QED) is 0.293. The summed E-state index contributed by atoms with van der Waals surface area (Å²) in [4.78, 5) is 19.3. The topological polar surface area (TPSA) is 135 Å². The highest BCUT2D eigenvalue weighted by molar-refractivity contribution is 7.99. The van der Waals surface area contributed by atoms with Gasteiger partial charge in [0.05, 0.1) is 25.7 Å². The molecule has 7 aliphatic heterocycles. The highest BCUT2D eigenvalue weighted by Crippen LogP contribution is 2.64. The number of piperidine rings is 1. The van der Waals surface area contributed by atoms with Gasteiger partial charge in [-0.2, -0.15) is 0 Å². The number of likely N-dealkylation sites (N-methyl/N-ethyl adjacent to an activating group) is 1. The molecule has 2 unspecified atom stereocenters. The van der Waals surface area contributed by atoms with Gasteiger partial charge >= 0.3 is 5.97 Å². The van der Waals surface area contributed by atoms with E-state index in [0.29, 0.717) is 53.7 Å². The third-order valence-corrected chi connectivity index (χ3v) is 15.5. The average molecular weight is 758 g/mol. The number of carbonyl (C=O) groups excluding carboxylic acids is 1. The molecule has 3 fully saturated rings. The SMILES string of the molecule is COC1=C(O)C2(C)C(C=C1C)C[C@@H]1[C@H](O)N3[C@@H]([C@@H]4SC[C@]5(NCCc6c5oc5ccc(OC)cc65)C(=O)OC[C@H]3c3c5c(c(C)c(C)c34)OCO5)[C@H]2N1C. The van der Waals surface area contributed by atoms with Crippen LogP contribution in [0.1, 0.15) is 65.1 Å². The van der Waals surface area contributed by atoms with Crippen molar-refractivity contribution in [2.45, 2.75) is 81.7 Å². The van der Waals surface area contributed by atoms with Crippen LogP contribution in [0.3, 0.4) is 0 Å². The predicted molar refractivity (Wildman–Crippen MR) is 201 cm³/mol. The Balaban J connectivity index is 1.20. The van der Waals surface area contributed by atoms with Gasteiger partial charge in [-0.05, 0) is 87.0 Å². The van der Waals surface area contributed by atoms with Gasteiger partial charge in [0.15, 0.2) is 22.8 Å². The fourth-order valence-corrected chi connectivity index (χ4v) is 13.0. The summed E-state index contributed by atoms with van der Waals surface area (Å²) in [6, 6.07) is 4.32. The van der Waals surface area contributed by atoms with Crippen LogP contribution < -0.4 is 19.5 Å². The van der Waals surface area contributed by atoms with Gasteiger partial charge in [-0.25, -0.2) is 4.79 Å². The molecule has 2 aromatic carbocycles. The molecule has 1 aliphatic carbocycles. The number of hydrogen-bond donors (Lipinski definition) is 3. The van der Waals surface area contributed by atoms with Crippen LogP contribution >= 0.6 is 11.8 Å². The second kappa shape index (κ2) is 11.8. The van der Waals surface area contributed by atoms with Gasteiger partial charge in [-0.1, -0.05) is 13.0 Å². The molecule has 3 saturated heterocycles. The predicted octanol–water partition coefficient (Wildman–Crippen LogP) is 5.29. The summed E-state index contributed by atoms with van der Waals surface area (Å²) in [5.41, 5.74) is 4.62. The molecule has 3 N–H and O–H groups in total. The summed E-state index contributed by atoms with van der Waals surface area (Å²) in [5, 5.41) is 29.2. The highest BCUT2D eigenvalue weighted by atomic mass is 32.2. The molecule has 54 heavy (non-hydrogen) atoms. The van der Waals surface area contributed by atoms with E-state index in [1.54, 1.807) is 26.0 Å². The molecule has 1 spiro atoms. The summed E-state index contributed by atoms with van der Waals surface area (Å²) in [6.07, 6.45) is 2.63. The standard InChI is InChI=1S/C41H47N3O9S/c1-18-12-21-13-25-38(46)44-26-15-50-39(47)41(37-23(10-11-42-41)24-14-22(48-6)8-9-27(24)53-37)16-54-34(28-19(2)20(3)32-33(29(26)28)52-17-51-32)30(44)35(43(25)5)40(21,4)36(45)31(18)49-7/h8-9,12,14,21,25-26,30,34-35,38,42,45-46H,10-11,13,15-17H2,1-7H3/t21?,25-,26+,30+,34-,35-,38+,40?,41-/m1/s1. The Bertz CT molecular complexity index is 2200. The van der Waals surface area contributed by atoms with Crippen molar-refractivity contribution < 1.29 is 43.1 Å². The van der Waals surface area contributed by atoms with Gasteiger partial charge < -0.3 is 38.3 Å². The molecule has 8 heterocycles. The fourth-order valence-electron chi connectivity index (χ4n) is 11.3. The Morgan fingerprint density at radius 3 is 2.63 bits per heavy atom. The van der Waals surface area contributed by atoms with E-state index >= 15 is 0 Å². The number of piperazine rings is 1. The number of methoxy groups -OCH3 is 2. The summed E-state index contributed by atoms with van der Waals surface area (Å²) >= 11 is 1.67. The maximum absolute atomic E-state index is 14.8. The lowest BCUT2D eigenvalue weighted by Gasteiger charge is -2.67. The Hall–Kier alpha value is -3.88. The normalized spacial score (nSPS) is 35.6. The number of nitrogens with zero attached hydrogens (tertiary/aromatic N) is 2. The first kappa shape index (κ1) is 34.6. The zero-order valence-corrected chi connectivity index (χ0v) is 32.5. The first-order chi connectivity index (χ1) is 26.0. The number of nitrogens with one attached hydrogen (secondary N) is 1. The number of esters is 1. The van der Waals surface area contributed by atoms with Crippen molar-refractivity contribution in [2.75, 3.05) is 47.0 Å². The number of rotatable bonds is 2. The summed E-state index contributed by atoms with van der Waals surface area (Å²) in [6.45, 7) is 8.95. The maximum atomic E-state index is 14.8. The van der Waals surface area contributed by atoms with Crippen LogP contribution in [0.2, 0.25) is 0 Å². The maximum Gasteiger partial charge on any atom is 0.335 e. The molecule has 13 heteroatoms. The van der Waals surface area contributed by atoms with E-state index in [2.05, 4.69) is 49.0 Å². The number of hydrogen-bond acceptors (Lipinski definition) is 13. The van der Waals surface area contributed by atoms with E-state index in [-0.39, 0.29) is 48.5 Å². The minimum Gasteiger partial charge on any atom is -0.508 e. The van der Waals surface area contributed by atoms with Crippen LogP contribution in [0.25, 0.3) is 11.0 Å². The first-order valence-corrected chi connectivity index (χ1v) is 19.9. The number of allylic oxidation sites excluding steroid dienone is 2. The lowest BCUT2D eigenvalue weighted by molar-refractivity contribution is -0.222. The van der Waals surface area contributed by atoms with Crippen LogP contribution in [0.4, 0.5) is 0 Å². The van der Waals surface area contributed by atoms with Crippen LogP contribution in [0.15, 0.2) is 45.8 Å². The second-order valence-corrected chi connectivity index (χ2v) is 17.4. The Kier molecular flexibility index (Phi) is 7.57. The van der Waals surface area contributed by atoms with Gasteiger partial charge in [0.25, 0.3) is 0 Å². The van der Waals surface area contributed by atoms with Crippen LogP contribution in [-0.2, 0) is 26.2 Å². The molecule has 4 bridgehead atoms. The van der Waals surface area contributed by atoms with Crippen molar-refractivity contribution in [1.82, 2.24) is 15.1 Å². The smallest absolute Gasteiger partial charge is 0.335 e. The fraction of sp³-hybridized carbons (Fsp3) is 0.537. The van der Waals surface area contributed by atoms with Crippen LogP contribution in [0.5, 0.6) is 17.2 Å². The Morgan fingerprint density at radius 2 is 1.85 bits per heavy atom.